The van der Waals surface area contributed by atoms with Crippen LogP contribution in [0.2, 0.25) is 0 Å². The van der Waals surface area contributed by atoms with Gasteiger partial charge < -0.3 is 19.0 Å². The van der Waals surface area contributed by atoms with E-state index in [9.17, 15) is 15.0 Å². The van der Waals surface area contributed by atoms with E-state index >= 15 is 0 Å². The van der Waals surface area contributed by atoms with Crippen LogP contribution >= 0.6 is 0 Å². The van der Waals surface area contributed by atoms with Gasteiger partial charge in [0.05, 0.1) is 12.3 Å². The van der Waals surface area contributed by atoms with Crippen molar-refractivity contribution in [1.29, 1.82) is 0 Å². The molecule has 1 aromatic carbocycles. The van der Waals surface area contributed by atoms with Gasteiger partial charge in [0.1, 0.15) is 11.3 Å². The molecule has 130 valence electrons. The van der Waals surface area contributed by atoms with Crippen molar-refractivity contribution in [2.75, 3.05) is 0 Å². The Morgan fingerprint density at radius 3 is 2.68 bits per heavy atom. The first-order chi connectivity index (χ1) is 12.0. The summed E-state index contributed by atoms with van der Waals surface area (Å²) in [6.45, 7) is 2.60. The van der Waals surface area contributed by atoms with Crippen molar-refractivity contribution in [3.05, 3.63) is 58.3 Å². The topological polar surface area (TPSA) is 87.1 Å². The smallest absolute Gasteiger partial charge is 0.336 e. The molecule has 3 aromatic rings. The van der Waals surface area contributed by atoms with Crippen LogP contribution in [0, 0.1) is 0 Å². The molecular formula is C19H19NO5. The summed E-state index contributed by atoms with van der Waals surface area (Å²) in [5.74, 6) is 0.329. The molecule has 4 rings (SSSR count). The maximum atomic E-state index is 11.9. The van der Waals surface area contributed by atoms with Gasteiger partial charge in [0, 0.05) is 30.1 Å². The molecule has 0 bridgehead atoms. The van der Waals surface area contributed by atoms with Gasteiger partial charge in [-0.1, -0.05) is 0 Å². The second-order valence-corrected chi connectivity index (χ2v) is 6.52. The van der Waals surface area contributed by atoms with Gasteiger partial charge in [-0.25, -0.2) is 4.79 Å². The lowest BCUT2D eigenvalue weighted by molar-refractivity contribution is 0.170. The van der Waals surface area contributed by atoms with Crippen molar-refractivity contribution in [1.82, 2.24) is 4.90 Å². The summed E-state index contributed by atoms with van der Waals surface area (Å²) in [6.07, 6.45) is 3.87. The number of phenols is 2. The van der Waals surface area contributed by atoms with E-state index in [0.29, 0.717) is 18.0 Å². The highest BCUT2D eigenvalue weighted by molar-refractivity contribution is 5.83. The summed E-state index contributed by atoms with van der Waals surface area (Å²) in [5.41, 5.74) is 0.542. The summed E-state index contributed by atoms with van der Waals surface area (Å²) in [7, 11) is 0. The van der Waals surface area contributed by atoms with E-state index < -0.39 is 5.63 Å². The predicted octanol–water partition coefficient (Wildman–Crippen LogP) is 3.52. The zero-order valence-electron chi connectivity index (χ0n) is 13.8. The molecule has 2 heterocycles. The molecule has 1 aliphatic rings. The average Bonchev–Trinajstić information content (AvgIpc) is 3.26. The minimum atomic E-state index is -0.478. The molecular weight excluding hydrogens is 322 g/mol. The Morgan fingerprint density at radius 2 is 2.00 bits per heavy atom. The van der Waals surface area contributed by atoms with E-state index in [2.05, 4.69) is 11.8 Å². The summed E-state index contributed by atoms with van der Waals surface area (Å²) in [4.78, 5) is 14.2. The third-order valence-electron chi connectivity index (χ3n) is 4.75. The van der Waals surface area contributed by atoms with Gasteiger partial charge in [-0.2, -0.15) is 0 Å². The SMILES string of the molecule is C[C@H](c1ccco1)N(Cc1cc(=O)oc2cc(O)c(O)cc12)C1CC1. The highest BCUT2D eigenvalue weighted by atomic mass is 16.4. The lowest BCUT2D eigenvalue weighted by Crippen LogP contribution is -2.29. The maximum absolute atomic E-state index is 11.9. The molecule has 1 atom stereocenters. The van der Waals surface area contributed by atoms with Crippen LogP contribution in [0.1, 0.15) is 37.1 Å². The fourth-order valence-corrected chi connectivity index (χ4v) is 3.26. The summed E-state index contributed by atoms with van der Waals surface area (Å²) in [5, 5.41) is 20.1. The van der Waals surface area contributed by atoms with E-state index in [0.717, 1.165) is 24.2 Å². The molecule has 0 spiro atoms. The number of furan rings is 1. The van der Waals surface area contributed by atoms with Gasteiger partial charge in [0.15, 0.2) is 11.5 Å². The second-order valence-electron chi connectivity index (χ2n) is 6.52. The standard InChI is InChI=1S/C19H19NO5/c1-11(17-3-2-6-24-17)20(13-4-5-13)10-12-7-19(23)25-18-9-16(22)15(21)8-14(12)18/h2-3,6-9,11,13,21-22H,4-5,10H2,1H3/t11-/m1/s1. The third kappa shape index (κ3) is 3.00. The lowest BCUT2D eigenvalue weighted by Gasteiger charge is -2.28. The summed E-state index contributed by atoms with van der Waals surface area (Å²) >= 11 is 0. The van der Waals surface area contributed by atoms with E-state index in [-0.39, 0.29) is 23.1 Å². The fourth-order valence-electron chi connectivity index (χ4n) is 3.26. The van der Waals surface area contributed by atoms with Gasteiger partial charge >= 0.3 is 5.63 Å². The van der Waals surface area contributed by atoms with Crippen LogP contribution in [0.25, 0.3) is 11.0 Å². The molecule has 2 N–H and O–H groups in total. The zero-order chi connectivity index (χ0) is 17.6. The lowest BCUT2D eigenvalue weighted by atomic mass is 10.1. The Labute approximate surface area is 143 Å². The van der Waals surface area contributed by atoms with E-state index in [1.807, 2.05) is 12.1 Å². The molecule has 0 amide bonds. The molecule has 25 heavy (non-hydrogen) atoms. The van der Waals surface area contributed by atoms with Crippen LogP contribution in [0.4, 0.5) is 0 Å². The number of rotatable bonds is 5. The van der Waals surface area contributed by atoms with Crippen LogP contribution in [-0.2, 0) is 6.54 Å². The molecule has 1 aliphatic carbocycles. The molecule has 6 heteroatoms. The third-order valence-corrected chi connectivity index (χ3v) is 4.75. The Kier molecular flexibility index (Phi) is 3.77. The van der Waals surface area contributed by atoms with Crippen LogP contribution in [0.15, 0.2) is 50.2 Å². The van der Waals surface area contributed by atoms with Gasteiger partial charge in [-0.3, -0.25) is 4.90 Å². The normalized spacial score (nSPS) is 15.8. The minimum absolute atomic E-state index is 0.0653. The Balaban J connectivity index is 1.75. The van der Waals surface area contributed by atoms with Crippen molar-refractivity contribution < 1.29 is 19.0 Å². The monoisotopic (exact) mass is 341 g/mol. The first-order valence-electron chi connectivity index (χ1n) is 8.31. The maximum Gasteiger partial charge on any atom is 0.336 e. The number of hydrogen-bond acceptors (Lipinski definition) is 6. The highest BCUT2D eigenvalue weighted by Gasteiger charge is 2.34. The number of fused-ring (bicyclic) bond motifs is 1. The molecule has 1 fully saturated rings. The largest absolute Gasteiger partial charge is 0.504 e. The fraction of sp³-hybridized carbons (Fsp3) is 0.316. The van der Waals surface area contributed by atoms with Crippen molar-refractivity contribution in [2.24, 2.45) is 0 Å². The number of nitrogens with zero attached hydrogens (tertiary/aromatic N) is 1. The van der Waals surface area contributed by atoms with Crippen molar-refractivity contribution in [3.8, 4) is 11.5 Å². The van der Waals surface area contributed by atoms with Crippen LogP contribution in [-0.4, -0.2) is 21.2 Å². The quantitative estimate of drug-likeness (QED) is 0.545. The molecule has 6 nitrogen and oxygen atoms in total. The molecule has 0 aliphatic heterocycles. The zero-order valence-corrected chi connectivity index (χ0v) is 13.8. The second kappa shape index (κ2) is 5.97. The van der Waals surface area contributed by atoms with Crippen molar-refractivity contribution in [3.63, 3.8) is 0 Å². The summed E-state index contributed by atoms with van der Waals surface area (Å²) < 4.78 is 10.7. The van der Waals surface area contributed by atoms with E-state index in [4.69, 9.17) is 8.83 Å². The number of benzene rings is 1. The molecule has 0 radical (unpaired) electrons. The number of phenolic OH excluding ortho intramolecular Hbond substituents is 2. The summed E-state index contributed by atoms with van der Waals surface area (Å²) in [6, 6.07) is 8.47. The first kappa shape index (κ1) is 15.8. The van der Waals surface area contributed by atoms with Crippen LogP contribution < -0.4 is 5.63 Å². The molecule has 0 saturated heterocycles. The minimum Gasteiger partial charge on any atom is -0.504 e. The Morgan fingerprint density at radius 1 is 1.24 bits per heavy atom. The average molecular weight is 341 g/mol. The Hall–Kier alpha value is -2.73. The predicted molar refractivity (Wildman–Crippen MR) is 91.5 cm³/mol. The van der Waals surface area contributed by atoms with Gasteiger partial charge in [-0.05, 0) is 43.5 Å². The van der Waals surface area contributed by atoms with Crippen molar-refractivity contribution in [2.45, 2.75) is 38.4 Å². The molecule has 0 unspecified atom stereocenters. The first-order valence-corrected chi connectivity index (χ1v) is 8.31. The van der Waals surface area contributed by atoms with Crippen LogP contribution in [0.5, 0.6) is 11.5 Å². The molecule has 1 saturated carbocycles. The van der Waals surface area contributed by atoms with Crippen LogP contribution in [0.3, 0.4) is 0 Å². The molecule has 2 aromatic heterocycles. The van der Waals surface area contributed by atoms with E-state index in [1.165, 1.54) is 18.2 Å². The highest BCUT2D eigenvalue weighted by Crippen LogP contribution is 2.37. The number of hydrogen-bond donors (Lipinski definition) is 2. The van der Waals surface area contributed by atoms with Gasteiger partial charge in [-0.15, -0.1) is 0 Å². The van der Waals surface area contributed by atoms with E-state index in [1.54, 1.807) is 6.26 Å². The Bertz CT molecular complexity index is 956. The van der Waals surface area contributed by atoms with Crippen molar-refractivity contribution >= 4 is 11.0 Å². The van der Waals surface area contributed by atoms with Gasteiger partial charge in [0.25, 0.3) is 0 Å². The van der Waals surface area contributed by atoms with Gasteiger partial charge in [0.2, 0.25) is 0 Å². The number of aromatic hydroxyl groups is 2.